The first kappa shape index (κ1) is 21.3. The molecule has 10 nitrogen and oxygen atoms in total. The summed E-state index contributed by atoms with van der Waals surface area (Å²) in [6.45, 7) is 8.37. The fraction of sp³-hybridized carbons (Fsp3) is 0.450. The van der Waals surface area contributed by atoms with Gasteiger partial charge in [-0.1, -0.05) is 0 Å². The van der Waals surface area contributed by atoms with Crippen molar-refractivity contribution in [2.45, 2.75) is 39.7 Å². The minimum Gasteiger partial charge on any atom is -0.444 e. The van der Waals surface area contributed by atoms with Gasteiger partial charge in [0.15, 0.2) is 0 Å². The van der Waals surface area contributed by atoms with Crippen LogP contribution in [-0.4, -0.2) is 56.3 Å². The lowest BCUT2D eigenvalue weighted by Gasteiger charge is -2.30. The zero-order chi connectivity index (χ0) is 22.1. The Bertz CT molecular complexity index is 988. The van der Waals surface area contributed by atoms with Crippen molar-refractivity contribution in [1.82, 2.24) is 19.7 Å². The highest BCUT2D eigenvalue weighted by Gasteiger charge is 2.28. The molecule has 3 amide bonds. The number of pyridine rings is 1. The molecule has 160 valence electrons. The molecule has 1 saturated heterocycles. The van der Waals surface area contributed by atoms with Gasteiger partial charge in [0.25, 0.3) is 11.8 Å². The zero-order valence-electron chi connectivity index (χ0n) is 17.8. The first-order valence-corrected chi connectivity index (χ1v) is 9.65. The van der Waals surface area contributed by atoms with Gasteiger partial charge in [0.1, 0.15) is 17.1 Å². The van der Waals surface area contributed by atoms with Crippen molar-refractivity contribution < 1.29 is 19.1 Å². The quantitative estimate of drug-likeness (QED) is 0.794. The van der Waals surface area contributed by atoms with Crippen molar-refractivity contribution in [2.24, 2.45) is 7.05 Å². The standard InChI is InChI=1S/C20H26N6O4/c1-12-9-13(10-15(22-12)24-19(29)30-20(2,3)4)23-17(27)16-14(11-21-25(16)5)18(28)26-7-6-8-26/h9-11H,6-8H2,1-5H3,(H2,22,23,24,27,29). The largest absolute Gasteiger partial charge is 0.444 e. The first-order valence-electron chi connectivity index (χ1n) is 9.65. The van der Waals surface area contributed by atoms with E-state index >= 15 is 0 Å². The van der Waals surface area contributed by atoms with E-state index in [-0.39, 0.29) is 23.0 Å². The molecule has 0 aliphatic carbocycles. The van der Waals surface area contributed by atoms with Crippen molar-refractivity contribution in [3.05, 3.63) is 35.3 Å². The summed E-state index contributed by atoms with van der Waals surface area (Å²) in [5.41, 5.74) is 0.780. The summed E-state index contributed by atoms with van der Waals surface area (Å²) in [7, 11) is 1.61. The number of aromatic nitrogens is 3. The fourth-order valence-corrected chi connectivity index (χ4v) is 2.96. The number of anilines is 2. The third kappa shape index (κ3) is 4.94. The minimum absolute atomic E-state index is 0.169. The van der Waals surface area contributed by atoms with Crippen LogP contribution in [0.15, 0.2) is 18.3 Å². The van der Waals surface area contributed by atoms with Gasteiger partial charge in [0.05, 0.1) is 11.8 Å². The van der Waals surface area contributed by atoms with Crippen LogP contribution in [-0.2, 0) is 11.8 Å². The number of carbonyl (C=O) groups is 3. The van der Waals surface area contributed by atoms with Crippen molar-refractivity contribution >= 4 is 29.4 Å². The van der Waals surface area contributed by atoms with Gasteiger partial charge in [-0.3, -0.25) is 19.6 Å². The highest BCUT2D eigenvalue weighted by atomic mass is 16.6. The predicted molar refractivity (Wildman–Crippen MR) is 111 cm³/mol. The summed E-state index contributed by atoms with van der Waals surface area (Å²) < 4.78 is 6.60. The minimum atomic E-state index is -0.649. The second-order valence-corrected chi connectivity index (χ2v) is 8.14. The number of aryl methyl sites for hydroxylation is 2. The Morgan fingerprint density at radius 1 is 1.13 bits per heavy atom. The molecule has 0 bridgehead atoms. The van der Waals surface area contributed by atoms with Gasteiger partial charge in [-0.05, 0) is 40.2 Å². The number of hydrogen-bond donors (Lipinski definition) is 2. The third-order valence-corrected chi connectivity index (χ3v) is 4.37. The number of ether oxygens (including phenoxy) is 1. The number of nitrogens with one attached hydrogen (secondary N) is 2. The molecule has 0 unspecified atom stereocenters. The van der Waals surface area contributed by atoms with Gasteiger partial charge >= 0.3 is 6.09 Å². The molecule has 0 atom stereocenters. The van der Waals surface area contributed by atoms with E-state index in [1.54, 1.807) is 45.7 Å². The molecular weight excluding hydrogens is 388 g/mol. The molecule has 3 rings (SSSR count). The van der Waals surface area contributed by atoms with Crippen LogP contribution in [0.3, 0.4) is 0 Å². The second-order valence-electron chi connectivity index (χ2n) is 8.14. The molecule has 2 aromatic heterocycles. The van der Waals surface area contributed by atoms with E-state index < -0.39 is 17.6 Å². The first-order chi connectivity index (χ1) is 14.0. The van der Waals surface area contributed by atoms with Gasteiger partial charge in [0.2, 0.25) is 0 Å². The highest BCUT2D eigenvalue weighted by molar-refractivity contribution is 6.11. The molecule has 1 aliphatic heterocycles. The maximum atomic E-state index is 12.9. The Labute approximate surface area is 174 Å². The van der Waals surface area contributed by atoms with Crippen molar-refractivity contribution in [3.63, 3.8) is 0 Å². The Hall–Kier alpha value is -3.43. The lowest BCUT2D eigenvalue weighted by molar-refractivity contribution is 0.0631. The van der Waals surface area contributed by atoms with Crippen LogP contribution in [0.4, 0.5) is 16.3 Å². The number of carbonyl (C=O) groups excluding carboxylic acids is 3. The number of likely N-dealkylation sites (tertiary alicyclic amines) is 1. The van der Waals surface area contributed by atoms with Crippen LogP contribution in [0, 0.1) is 6.92 Å². The molecule has 0 aromatic carbocycles. The Morgan fingerprint density at radius 2 is 1.83 bits per heavy atom. The zero-order valence-corrected chi connectivity index (χ0v) is 17.8. The third-order valence-electron chi connectivity index (χ3n) is 4.37. The maximum absolute atomic E-state index is 12.9. The molecule has 0 radical (unpaired) electrons. The molecule has 2 aromatic rings. The predicted octanol–water partition coefficient (Wildman–Crippen LogP) is 2.57. The number of amides is 3. The molecule has 0 spiro atoms. The molecule has 10 heteroatoms. The molecule has 1 fully saturated rings. The van der Waals surface area contributed by atoms with Crippen LogP contribution in [0.1, 0.15) is 53.7 Å². The van der Waals surface area contributed by atoms with Crippen LogP contribution in [0.25, 0.3) is 0 Å². The second kappa shape index (κ2) is 8.13. The maximum Gasteiger partial charge on any atom is 0.413 e. The van der Waals surface area contributed by atoms with Gasteiger partial charge in [0, 0.05) is 37.6 Å². The molecule has 30 heavy (non-hydrogen) atoms. The number of rotatable bonds is 4. The Morgan fingerprint density at radius 3 is 2.43 bits per heavy atom. The topological polar surface area (TPSA) is 118 Å². The SMILES string of the molecule is Cc1cc(NC(=O)c2c(C(=O)N3CCC3)cnn2C)cc(NC(=O)OC(C)(C)C)n1. The lowest BCUT2D eigenvalue weighted by atomic mass is 10.1. The van der Waals surface area contributed by atoms with Crippen molar-refractivity contribution in [2.75, 3.05) is 23.7 Å². The van der Waals surface area contributed by atoms with Crippen LogP contribution in [0.2, 0.25) is 0 Å². The van der Waals surface area contributed by atoms with Crippen molar-refractivity contribution in [1.29, 1.82) is 0 Å². The van der Waals surface area contributed by atoms with E-state index in [1.165, 1.54) is 16.9 Å². The summed E-state index contributed by atoms with van der Waals surface area (Å²) in [6, 6.07) is 3.17. The van der Waals surface area contributed by atoms with Gasteiger partial charge in [-0.2, -0.15) is 5.10 Å². The van der Waals surface area contributed by atoms with Gasteiger partial charge < -0.3 is 15.0 Å². The Balaban J connectivity index is 1.77. The average Bonchev–Trinajstić information content (AvgIpc) is 2.92. The van der Waals surface area contributed by atoms with E-state index in [0.29, 0.717) is 24.5 Å². The van der Waals surface area contributed by atoms with Crippen molar-refractivity contribution in [3.8, 4) is 0 Å². The van der Waals surface area contributed by atoms with E-state index in [4.69, 9.17) is 4.74 Å². The van der Waals surface area contributed by atoms with Crippen LogP contribution >= 0.6 is 0 Å². The molecule has 3 heterocycles. The van der Waals surface area contributed by atoms with E-state index in [1.807, 2.05) is 0 Å². The summed E-state index contributed by atoms with van der Waals surface area (Å²) in [4.78, 5) is 43.4. The number of nitrogens with zero attached hydrogens (tertiary/aromatic N) is 4. The molecular formula is C20H26N6O4. The number of hydrogen-bond acceptors (Lipinski definition) is 6. The monoisotopic (exact) mass is 414 g/mol. The normalized spacial score (nSPS) is 13.4. The summed E-state index contributed by atoms with van der Waals surface area (Å²) in [5, 5.41) is 9.38. The smallest absolute Gasteiger partial charge is 0.413 e. The molecule has 2 N–H and O–H groups in total. The summed E-state index contributed by atoms with van der Waals surface area (Å²) >= 11 is 0. The summed E-state index contributed by atoms with van der Waals surface area (Å²) in [5.74, 6) is -0.452. The molecule has 0 saturated carbocycles. The van der Waals surface area contributed by atoms with E-state index in [0.717, 1.165) is 6.42 Å². The van der Waals surface area contributed by atoms with E-state index in [9.17, 15) is 14.4 Å². The summed E-state index contributed by atoms with van der Waals surface area (Å²) in [6.07, 6.45) is 1.71. The highest BCUT2D eigenvalue weighted by Crippen LogP contribution is 2.20. The van der Waals surface area contributed by atoms with E-state index in [2.05, 4.69) is 20.7 Å². The van der Waals surface area contributed by atoms with Gasteiger partial charge in [-0.25, -0.2) is 9.78 Å². The molecule has 1 aliphatic rings. The van der Waals surface area contributed by atoms with Crippen LogP contribution in [0.5, 0.6) is 0 Å². The Kier molecular flexibility index (Phi) is 5.77. The van der Waals surface area contributed by atoms with Gasteiger partial charge in [-0.15, -0.1) is 0 Å². The fourth-order valence-electron chi connectivity index (χ4n) is 2.96. The average molecular weight is 414 g/mol. The lowest BCUT2D eigenvalue weighted by Crippen LogP contribution is -2.42. The van der Waals surface area contributed by atoms with Crippen LogP contribution < -0.4 is 10.6 Å².